The molecule has 3 rings (SSSR count). The summed E-state index contributed by atoms with van der Waals surface area (Å²) in [5, 5.41) is 0. The van der Waals surface area contributed by atoms with Crippen molar-refractivity contribution in [2.45, 2.75) is 12.8 Å². The molecular formula is C14H10BrClFN3. The van der Waals surface area contributed by atoms with Crippen LogP contribution in [-0.4, -0.2) is 14.5 Å². The quantitative estimate of drug-likeness (QED) is 0.640. The lowest BCUT2D eigenvalue weighted by Gasteiger charge is -2.09. The van der Waals surface area contributed by atoms with Crippen molar-refractivity contribution in [3.05, 3.63) is 52.1 Å². The van der Waals surface area contributed by atoms with Gasteiger partial charge in [0.05, 0.1) is 11.6 Å². The Bertz CT molecular complexity index is 800. The monoisotopic (exact) mass is 353 g/mol. The Morgan fingerprint density at radius 2 is 2.05 bits per heavy atom. The number of benzene rings is 1. The molecule has 0 unspecified atom stereocenters. The Morgan fingerprint density at radius 3 is 2.80 bits per heavy atom. The van der Waals surface area contributed by atoms with Gasteiger partial charge in [0, 0.05) is 10.2 Å². The summed E-state index contributed by atoms with van der Waals surface area (Å²) in [6, 6.07) is 8.47. The molecule has 0 saturated carbocycles. The molecule has 0 fully saturated rings. The van der Waals surface area contributed by atoms with E-state index < -0.39 is 0 Å². The number of nitrogens with zero attached hydrogens (tertiary/aromatic N) is 3. The zero-order valence-electron chi connectivity index (χ0n) is 10.6. The molecule has 102 valence electrons. The van der Waals surface area contributed by atoms with Crippen LogP contribution in [0.4, 0.5) is 4.39 Å². The van der Waals surface area contributed by atoms with E-state index in [0.29, 0.717) is 22.7 Å². The van der Waals surface area contributed by atoms with Gasteiger partial charge in [0.2, 0.25) is 0 Å². The Labute approximate surface area is 128 Å². The predicted octanol–water partition coefficient (Wildman–Crippen LogP) is 4.37. The van der Waals surface area contributed by atoms with Gasteiger partial charge in [-0.15, -0.1) is 11.6 Å². The standard InChI is InChI=1S/C14H10BrClFN3/c1-8-2-5-11-14(18-8)20(13(7-16)19-11)12-6-9(15)3-4-10(12)17/h2-6H,7H2,1H3. The van der Waals surface area contributed by atoms with Crippen LogP contribution in [0.3, 0.4) is 0 Å². The number of aromatic nitrogens is 3. The molecule has 20 heavy (non-hydrogen) atoms. The van der Waals surface area contributed by atoms with E-state index in [2.05, 4.69) is 25.9 Å². The highest BCUT2D eigenvalue weighted by atomic mass is 79.9. The summed E-state index contributed by atoms with van der Waals surface area (Å²) in [5.74, 6) is 0.403. The van der Waals surface area contributed by atoms with Gasteiger partial charge in [-0.05, 0) is 37.3 Å². The van der Waals surface area contributed by atoms with Gasteiger partial charge >= 0.3 is 0 Å². The first-order valence-corrected chi connectivity index (χ1v) is 7.29. The molecule has 0 aliphatic heterocycles. The number of aryl methyl sites for hydroxylation is 1. The molecule has 0 aliphatic rings. The number of halogens is 3. The minimum atomic E-state index is -0.345. The highest BCUT2D eigenvalue weighted by Gasteiger charge is 2.16. The highest BCUT2D eigenvalue weighted by Crippen LogP contribution is 2.26. The molecule has 0 spiro atoms. The van der Waals surface area contributed by atoms with Gasteiger partial charge in [-0.1, -0.05) is 15.9 Å². The van der Waals surface area contributed by atoms with Crippen molar-refractivity contribution in [3.8, 4) is 5.69 Å². The number of alkyl halides is 1. The number of hydrogen-bond acceptors (Lipinski definition) is 2. The fourth-order valence-corrected chi connectivity index (χ4v) is 2.63. The van der Waals surface area contributed by atoms with Crippen LogP contribution in [-0.2, 0) is 5.88 Å². The van der Waals surface area contributed by atoms with Gasteiger partial charge in [-0.2, -0.15) is 0 Å². The Balaban J connectivity index is 2.39. The summed E-state index contributed by atoms with van der Waals surface area (Å²) in [6.07, 6.45) is 0. The van der Waals surface area contributed by atoms with Gasteiger partial charge in [0.15, 0.2) is 5.65 Å². The van der Waals surface area contributed by atoms with Crippen LogP contribution in [0.1, 0.15) is 11.5 Å². The SMILES string of the molecule is Cc1ccc2nc(CCl)n(-c3cc(Br)ccc3F)c2n1. The summed E-state index contributed by atoms with van der Waals surface area (Å²) in [4.78, 5) is 8.86. The number of hydrogen-bond donors (Lipinski definition) is 0. The molecule has 0 N–H and O–H groups in total. The second-order valence-electron chi connectivity index (χ2n) is 4.39. The normalized spacial score (nSPS) is 11.2. The fourth-order valence-electron chi connectivity index (χ4n) is 2.10. The Hall–Kier alpha value is -1.46. The lowest BCUT2D eigenvalue weighted by Crippen LogP contribution is -2.03. The van der Waals surface area contributed by atoms with Gasteiger partial charge in [-0.3, -0.25) is 4.57 Å². The van der Waals surface area contributed by atoms with E-state index >= 15 is 0 Å². The number of fused-ring (bicyclic) bond motifs is 1. The molecule has 3 nitrogen and oxygen atoms in total. The molecular weight excluding hydrogens is 345 g/mol. The Kier molecular flexibility index (Phi) is 3.48. The van der Waals surface area contributed by atoms with E-state index in [1.54, 1.807) is 16.7 Å². The van der Waals surface area contributed by atoms with Crippen LogP contribution < -0.4 is 0 Å². The summed E-state index contributed by atoms with van der Waals surface area (Å²) < 4.78 is 16.6. The van der Waals surface area contributed by atoms with Crippen molar-refractivity contribution < 1.29 is 4.39 Å². The molecule has 0 saturated heterocycles. The van der Waals surface area contributed by atoms with Crippen LogP contribution in [0.25, 0.3) is 16.9 Å². The molecule has 6 heteroatoms. The topological polar surface area (TPSA) is 30.7 Å². The van der Waals surface area contributed by atoms with Crippen molar-refractivity contribution in [3.63, 3.8) is 0 Å². The van der Waals surface area contributed by atoms with Gasteiger partial charge in [-0.25, -0.2) is 14.4 Å². The van der Waals surface area contributed by atoms with Crippen molar-refractivity contribution in [1.29, 1.82) is 0 Å². The minimum Gasteiger partial charge on any atom is -0.277 e. The predicted molar refractivity (Wildman–Crippen MR) is 80.8 cm³/mol. The molecule has 0 amide bonds. The average molecular weight is 355 g/mol. The third-order valence-corrected chi connectivity index (χ3v) is 3.71. The van der Waals surface area contributed by atoms with Crippen molar-refractivity contribution >= 4 is 38.7 Å². The molecule has 1 aromatic carbocycles. The van der Waals surface area contributed by atoms with Gasteiger partial charge in [0.1, 0.15) is 17.2 Å². The third kappa shape index (κ3) is 2.21. The average Bonchev–Trinajstić information content (AvgIpc) is 2.79. The minimum absolute atomic E-state index is 0.182. The van der Waals surface area contributed by atoms with E-state index in [-0.39, 0.29) is 11.7 Å². The van der Waals surface area contributed by atoms with Crippen molar-refractivity contribution in [2.75, 3.05) is 0 Å². The van der Waals surface area contributed by atoms with E-state index in [1.807, 2.05) is 19.1 Å². The fraction of sp³-hybridized carbons (Fsp3) is 0.143. The lowest BCUT2D eigenvalue weighted by atomic mass is 10.3. The first-order chi connectivity index (χ1) is 9.60. The zero-order valence-corrected chi connectivity index (χ0v) is 12.9. The second-order valence-corrected chi connectivity index (χ2v) is 5.57. The smallest absolute Gasteiger partial charge is 0.165 e. The van der Waals surface area contributed by atoms with Crippen LogP contribution in [0.5, 0.6) is 0 Å². The first-order valence-electron chi connectivity index (χ1n) is 5.96. The lowest BCUT2D eigenvalue weighted by molar-refractivity contribution is 0.617. The Morgan fingerprint density at radius 1 is 1.25 bits per heavy atom. The molecule has 0 radical (unpaired) electrons. The highest BCUT2D eigenvalue weighted by molar-refractivity contribution is 9.10. The molecule has 3 aromatic rings. The third-order valence-electron chi connectivity index (χ3n) is 2.98. The second kappa shape index (κ2) is 5.14. The molecule has 2 heterocycles. The van der Waals surface area contributed by atoms with E-state index in [0.717, 1.165) is 10.2 Å². The molecule has 2 aromatic heterocycles. The summed E-state index contributed by atoms with van der Waals surface area (Å²) in [5.41, 5.74) is 2.54. The molecule has 0 bridgehead atoms. The zero-order chi connectivity index (χ0) is 14.3. The first kappa shape index (κ1) is 13.5. The van der Waals surface area contributed by atoms with Crippen LogP contribution in [0.15, 0.2) is 34.8 Å². The van der Waals surface area contributed by atoms with Gasteiger partial charge in [0.25, 0.3) is 0 Å². The maximum absolute atomic E-state index is 14.1. The van der Waals surface area contributed by atoms with Crippen LogP contribution in [0, 0.1) is 12.7 Å². The van der Waals surface area contributed by atoms with E-state index in [1.165, 1.54) is 6.07 Å². The van der Waals surface area contributed by atoms with Crippen molar-refractivity contribution in [1.82, 2.24) is 14.5 Å². The summed E-state index contributed by atoms with van der Waals surface area (Å²) in [7, 11) is 0. The van der Waals surface area contributed by atoms with Gasteiger partial charge < -0.3 is 0 Å². The number of pyridine rings is 1. The number of rotatable bonds is 2. The van der Waals surface area contributed by atoms with E-state index in [4.69, 9.17) is 11.6 Å². The molecule has 0 aliphatic carbocycles. The van der Waals surface area contributed by atoms with Crippen LogP contribution in [0.2, 0.25) is 0 Å². The maximum Gasteiger partial charge on any atom is 0.165 e. The maximum atomic E-state index is 14.1. The largest absolute Gasteiger partial charge is 0.277 e. The number of imidazole rings is 1. The summed E-state index contributed by atoms with van der Waals surface area (Å²) in [6.45, 7) is 1.88. The van der Waals surface area contributed by atoms with E-state index in [9.17, 15) is 4.39 Å². The summed E-state index contributed by atoms with van der Waals surface area (Å²) >= 11 is 9.29. The molecule has 0 atom stereocenters. The van der Waals surface area contributed by atoms with Crippen LogP contribution >= 0.6 is 27.5 Å². The van der Waals surface area contributed by atoms with Crippen molar-refractivity contribution in [2.24, 2.45) is 0 Å².